The molecule has 0 aromatic carbocycles. The summed E-state index contributed by atoms with van der Waals surface area (Å²) in [5.74, 6) is -2.30. The maximum Gasteiger partial charge on any atom is 0.391 e. The van der Waals surface area contributed by atoms with Crippen molar-refractivity contribution in [2.24, 2.45) is 11.8 Å². The molecule has 0 bridgehead atoms. The first kappa shape index (κ1) is 21.8. The van der Waals surface area contributed by atoms with Gasteiger partial charge in [0.2, 0.25) is 0 Å². The summed E-state index contributed by atoms with van der Waals surface area (Å²) in [5, 5.41) is 0. The van der Waals surface area contributed by atoms with Crippen molar-refractivity contribution in [2.75, 3.05) is 0 Å². The van der Waals surface area contributed by atoms with Gasteiger partial charge in [-0.3, -0.25) is 0 Å². The highest BCUT2D eigenvalue weighted by Gasteiger charge is 2.34. The Bertz CT molecular complexity index is 150. The minimum Gasteiger partial charge on any atom is -0.171 e. The maximum absolute atomic E-state index is 11.4. The fraction of sp³-hybridized carbons (Fsp3) is 1.00. The summed E-state index contributed by atoms with van der Waals surface area (Å²) < 4.78 is 68.7. The Morgan fingerprint density at radius 1 is 0.706 bits per heavy atom. The largest absolute Gasteiger partial charge is 0.391 e. The van der Waals surface area contributed by atoms with Crippen LogP contribution >= 0.6 is 0 Å². The number of halogens is 6. The van der Waals surface area contributed by atoms with Crippen LogP contribution in [0.15, 0.2) is 0 Å². The Hall–Kier alpha value is -0.420. The normalized spacial score (nSPS) is 15.2. The van der Waals surface area contributed by atoms with Gasteiger partial charge in [-0.05, 0) is 12.8 Å². The topological polar surface area (TPSA) is 0 Å². The first-order valence-electron chi connectivity index (χ1n) is 5.10. The molecule has 0 heterocycles. The molecule has 0 rings (SSSR count). The van der Waals surface area contributed by atoms with Gasteiger partial charge < -0.3 is 0 Å². The third-order valence-corrected chi connectivity index (χ3v) is 2.34. The van der Waals surface area contributed by atoms with Crippen molar-refractivity contribution in [3.05, 3.63) is 0 Å². The molecule has 2 unspecified atom stereocenters. The van der Waals surface area contributed by atoms with E-state index in [0.29, 0.717) is 0 Å². The second-order valence-electron chi connectivity index (χ2n) is 3.70. The summed E-state index contributed by atoms with van der Waals surface area (Å²) in [5.41, 5.74) is 0. The monoisotopic (exact) mass is 268 g/mol. The van der Waals surface area contributed by atoms with E-state index in [1.165, 1.54) is 27.7 Å². The molecular weight excluding hydrogens is 246 g/mol. The highest BCUT2D eigenvalue weighted by molar-refractivity contribution is 4.58. The van der Waals surface area contributed by atoms with Crippen LogP contribution < -0.4 is 0 Å². The average Bonchev–Trinajstić information content (AvgIpc) is 2.13. The van der Waals surface area contributed by atoms with E-state index < -0.39 is 24.2 Å². The molecule has 0 aliphatic heterocycles. The fourth-order valence-corrected chi connectivity index (χ4v) is 0.463. The average molecular weight is 268 g/mol. The predicted octanol–water partition coefficient (Wildman–Crippen LogP) is 5.83. The van der Waals surface area contributed by atoms with Gasteiger partial charge in [-0.2, -0.15) is 26.3 Å². The lowest BCUT2D eigenvalue weighted by molar-refractivity contribution is -0.170. The van der Waals surface area contributed by atoms with Crippen molar-refractivity contribution in [3.63, 3.8) is 0 Å². The van der Waals surface area contributed by atoms with Crippen molar-refractivity contribution < 1.29 is 26.3 Å². The van der Waals surface area contributed by atoms with Crippen molar-refractivity contribution in [1.82, 2.24) is 0 Å². The molecule has 0 aliphatic carbocycles. The van der Waals surface area contributed by atoms with Crippen LogP contribution in [0.3, 0.4) is 0 Å². The Labute approximate surface area is 99.4 Å². The smallest absolute Gasteiger partial charge is 0.171 e. The lowest BCUT2D eigenvalue weighted by atomic mass is 10.1. The zero-order chi connectivity index (χ0) is 13.6. The molecule has 0 radical (unpaired) electrons. The molecule has 0 aromatic rings. The second-order valence-corrected chi connectivity index (χ2v) is 3.70. The van der Waals surface area contributed by atoms with E-state index in [1.54, 1.807) is 0 Å². The summed E-state index contributed by atoms with van der Waals surface area (Å²) in [7, 11) is 0. The van der Waals surface area contributed by atoms with Crippen LogP contribution in [0.4, 0.5) is 26.3 Å². The number of hydrogen-bond donors (Lipinski definition) is 0. The maximum atomic E-state index is 11.4. The van der Waals surface area contributed by atoms with Gasteiger partial charge in [0.25, 0.3) is 0 Å². The van der Waals surface area contributed by atoms with Crippen molar-refractivity contribution in [3.8, 4) is 0 Å². The fourth-order valence-electron chi connectivity index (χ4n) is 0.463. The molecule has 0 fully saturated rings. The third kappa shape index (κ3) is 11.8. The van der Waals surface area contributed by atoms with Crippen molar-refractivity contribution in [2.45, 2.75) is 60.3 Å². The Balaban J connectivity index is -0.000000218. The quantitative estimate of drug-likeness (QED) is 0.553. The summed E-state index contributed by atoms with van der Waals surface area (Å²) >= 11 is 0. The van der Waals surface area contributed by atoms with E-state index in [2.05, 4.69) is 0 Å². The molecular formula is C11H22F6. The minimum atomic E-state index is -3.99. The van der Waals surface area contributed by atoms with E-state index in [9.17, 15) is 26.3 Å². The Kier molecular flexibility index (Phi) is 11.1. The molecule has 6 heteroatoms. The van der Waals surface area contributed by atoms with Crippen LogP contribution in [-0.4, -0.2) is 12.4 Å². The van der Waals surface area contributed by atoms with E-state index in [1.807, 2.05) is 0 Å². The lowest BCUT2D eigenvalue weighted by Crippen LogP contribution is -2.18. The van der Waals surface area contributed by atoms with Gasteiger partial charge >= 0.3 is 12.4 Å². The molecule has 0 saturated carbocycles. The zero-order valence-electron chi connectivity index (χ0n) is 9.84. The van der Waals surface area contributed by atoms with Gasteiger partial charge in [0.15, 0.2) is 0 Å². The van der Waals surface area contributed by atoms with Crippen LogP contribution in [0.1, 0.15) is 48.0 Å². The van der Waals surface area contributed by atoms with Crippen LogP contribution in [0.2, 0.25) is 0 Å². The highest BCUT2D eigenvalue weighted by atomic mass is 19.4. The molecule has 0 N–H and O–H groups in total. The summed E-state index contributed by atoms with van der Waals surface area (Å²) in [6.45, 7) is 5.41. The first-order valence-corrected chi connectivity index (χ1v) is 5.10. The Morgan fingerprint density at radius 3 is 0.882 bits per heavy atom. The molecule has 0 aliphatic rings. The molecule has 0 amide bonds. The number of hydrogen-bond acceptors (Lipinski definition) is 0. The van der Waals surface area contributed by atoms with Crippen LogP contribution in [0, 0.1) is 11.8 Å². The van der Waals surface area contributed by atoms with Crippen LogP contribution in [0.5, 0.6) is 0 Å². The molecule has 0 nitrogen and oxygen atoms in total. The van der Waals surface area contributed by atoms with E-state index in [-0.39, 0.29) is 20.3 Å². The number of alkyl halides is 6. The number of rotatable bonds is 2. The lowest BCUT2D eigenvalue weighted by Gasteiger charge is -2.11. The van der Waals surface area contributed by atoms with E-state index >= 15 is 0 Å². The van der Waals surface area contributed by atoms with Gasteiger partial charge in [-0.1, -0.05) is 35.1 Å². The second kappa shape index (κ2) is 8.64. The van der Waals surface area contributed by atoms with Crippen molar-refractivity contribution in [1.29, 1.82) is 0 Å². The van der Waals surface area contributed by atoms with E-state index in [0.717, 1.165) is 0 Å². The molecule has 17 heavy (non-hydrogen) atoms. The van der Waals surface area contributed by atoms with Crippen LogP contribution in [0.25, 0.3) is 0 Å². The van der Waals surface area contributed by atoms with Gasteiger partial charge in [0, 0.05) is 0 Å². The summed E-state index contributed by atoms with van der Waals surface area (Å²) in [6, 6.07) is 0. The van der Waals surface area contributed by atoms with Gasteiger partial charge in [-0.15, -0.1) is 0 Å². The standard InChI is InChI=1S/2C5H9F3.CH4/c2*1-3-4(2)5(6,7)8;/h2*4H,3H2,1-2H3;1H4. The molecule has 108 valence electrons. The van der Waals surface area contributed by atoms with Gasteiger partial charge in [0.1, 0.15) is 0 Å². The SMILES string of the molecule is C.CCC(C)C(F)(F)F.CCC(C)C(F)(F)F. The first-order chi connectivity index (χ1) is 6.96. The van der Waals surface area contributed by atoms with Gasteiger partial charge in [0.05, 0.1) is 11.8 Å². The minimum absolute atomic E-state index is 0. The summed E-state index contributed by atoms with van der Waals surface area (Å²) in [6.07, 6.45) is -7.64. The molecule has 2 atom stereocenters. The van der Waals surface area contributed by atoms with Gasteiger partial charge in [-0.25, -0.2) is 0 Å². The molecule has 0 spiro atoms. The molecule has 0 saturated heterocycles. The Morgan fingerprint density at radius 2 is 0.882 bits per heavy atom. The highest BCUT2D eigenvalue weighted by Crippen LogP contribution is 2.28. The van der Waals surface area contributed by atoms with Crippen molar-refractivity contribution >= 4 is 0 Å². The molecule has 0 aromatic heterocycles. The zero-order valence-corrected chi connectivity index (χ0v) is 9.84. The summed E-state index contributed by atoms with van der Waals surface area (Å²) in [4.78, 5) is 0. The predicted molar refractivity (Wildman–Crippen MR) is 57.8 cm³/mol. The third-order valence-electron chi connectivity index (χ3n) is 2.34. The van der Waals surface area contributed by atoms with E-state index in [4.69, 9.17) is 0 Å². The van der Waals surface area contributed by atoms with Crippen LogP contribution in [-0.2, 0) is 0 Å².